The number of amides is 1. The van der Waals surface area contributed by atoms with Gasteiger partial charge in [0.25, 0.3) is 0 Å². The van der Waals surface area contributed by atoms with Crippen molar-refractivity contribution >= 4 is 17.2 Å². The number of rotatable bonds is 7. The molecule has 1 aromatic heterocycles. The van der Waals surface area contributed by atoms with Gasteiger partial charge in [0, 0.05) is 36.0 Å². The van der Waals surface area contributed by atoms with E-state index in [0.29, 0.717) is 26.2 Å². The summed E-state index contributed by atoms with van der Waals surface area (Å²) in [6.07, 6.45) is 0. The lowest BCUT2D eigenvalue weighted by Crippen LogP contribution is -2.36. The van der Waals surface area contributed by atoms with E-state index in [9.17, 15) is 4.79 Å². The predicted octanol–water partition coefficient (Wildman–Crippen LogP) is 0.286. The average molecular weight is 296 g/mol. The minimum absolute atomic E-state index is 0.0126. The molecule has 1 rings (SSSR count). The molecule has 0 saturated heterocycles. The van der Waals surface area contributed by atoms with Gasteiger partial charge in [0.15, 0.2) is 0 Å². The normalized spacial score (nSPS) is 10.2. The van der Waals surface area contributed by atoms with Crippen LogP contribution in [0.1, 0.15) is 10.4 Å². The highest BCUT2D eigenvalue weighted by Gasteiger charge is 2.07. The van der Waals surface area contributed by atoms with Crippen molar-refractivity contribution in [2.45, 2.75) is 6.54 Å². The average Bonchev–Trinajstić information content (AvgIpc) is 2.84. The number of hydrogen-bond acceptors (Lipinski definition) is 5. The van der Waals surface area contributed by atoms with Gasteiger partial charge >= 0.3 is 0 Å². The zero-order valence-electron chi connectivity index (χ0n) is 11.8. The van der Waals surface area contributed by atoms with E-state index in [-0.39, 0.29) is 12.5 Å². The Hall–Kier alpha value is -1.39. The molecule has 0 aliphatic carbocycles. The van der Waals surface area contributed by atoms with E-state index in [4.69, 9.17) is 9.84 Å². The Morgan fingerprint density at radius 2 is 2.40 bits per heavy atom. The molecule has 0 radical (unpaired) electrons. The Morgan fingerprint density at radius 1 is 1.60 bits per heavy atom. The van der Waals surface area contributed by atoms with Crippen molar-refractivity contribution < 1.29 is 14.6 Å². The van der Waals surface area contributed by atoms with Crippen LogP contribution in [0.2, 0.25) is 0 Å². The van der Waals surface area contributed by atoms with Crippen LogP contribution in [-0.4, -0.2) is 56.4 Å². The fourth-order valence-corrected chi connectivity index (χ4v) is 2.48. The van der Waals surface area contributed by atoms with E-state index in [2.05, 4.69) is 17.2 Å². The highest BCUT2D eigenvalue weighted by Crippen LogP contribution is 2.15. The second-order valence-corrected chi connectivity index (χ2v) is 5.27. The van der Waals surface area contributed by atoms with Gasteiger partial charge in [-0.25, -0.2) is 0 Å². The predicted molar refractivity (Wildman–Crippen MR) is 79.5 cm³/mol. The molecule has 0 spiro atoms. The number of ether oxygens (including phenoxy) is 1. The van der Waals surface area contributed by atoms with Crippen LogP contribution in [0.4, 0.5) is 0 Å². The third-order valence-electron chi connectivity index (χ3n) is 2.43. The third kappa shape index (κ3) is 6.68. The zero-order valence-corrected chi connectivity index (χ0v) is 12.6. The maximum Gasteiger partial charge on any atom is 0.234 e. The summed E-state index contributed by atoms with van der Waals surface area (Å²) in [5.41, 5.74) is 0.900. The zero-order chi connectivity index (χ0) is 14.8. The molecule has 0 fully saturated rings. The summed E-state index contributed by atoms with van der Waals surface area (Å²) in [5.74, 6) is 5.46. The number of nitrogens with one attached hydrogen (secondary N) is 1. The summed E-state index contributed by atoms with van der Waals surface area (Å²) >= 11 is 1.60. The number of carbonyl (C=O) groups excluding carboxylic acids is 1. The van der Waals surface area contributed by atoms with E-state index in [1.807, 2.05) is 23.4 Å². The van der Waals surface area contributed by atoms with Crippen molar-refractivity contribution in [2.75, 3.05) is 40.5 Å². The Bertz CT molecular complexity index is 476. The van der Waals surface area contributed by atoms with Gasteiger partial charge in [-0.1, -0.05) is 11.8 Å². The minimum Gasteiger partial charge on any atom is -0.384 e. The van der Waals surface area contributed by atoms with Gasteiger partial charge in [0.1, 0.15) is 6.61 Å². The standard InChI is InChI=1S/C14H20N2O3S/c1-16(10-14(18)15-5-7-19-2)9-13-8-12(11-20-13)4-3-6-17/h8,11,17H,5-7,9-10H2,1-2H3,(H,15,18). The molecule has 0 aliphatic heterocycles. The Kier molecular flexibility index (Phi) is 7.92. The molecule has 1 aromatic rings. The molecule has 110 valence electrons. The lowest BCUT2D eigenvalue weighted by Gasteiger charge is -2.15. The van der Waals surface area contributed by atoms with Gasteiger partial charge in [0.05, 0.1) is 13.2 Å². The Labute approximate surface area is 123 Å². The molecule has 1 heterocycles. The molecule has 1 amide bonds. The highest BCUT2D eigenvalue weighted by atomic mass is 32.1. The molecule has 2 N–H and O–H groups in total. The first-order valence-corrected chi connectivity index (χ1v) is 7.15. The van der Waals surface area contributed by atoms with E-state index >= 15 is 0 Å². The Balaban J connectivity index is 2.36. The van der Waals surface area contributed by atoms with Crippen molar-refractivity contribution in [1.82, 2.24) is 10.2 Å². The van der Waals surface area contributed by atoms with Crippen molar-refractivity contribution in [1.29, 1.82) is 0 Å². The van der Waals surface area contributed by atoms with Crippen molar-refractivity contribution in [3.63, 3.8) is 0 Å². The lowest BCUT2D eigenvalue weighted by molar-refractivity contribution is -0.122. The smallest absolute Gasteiger partial charge is 0.234 e. The quantitative estimate of drug-likeness (QED) is 0.561. The molecule has 20 heavy (non-hydrogen) atoms. The van der Waals surface area contributed by atoms with Crippen LogP contribution in [0, 0.1) is 11.8 Å². The van der Waals surface area contributed by atoms with Crippen LogP contribution in [0.3, 0.4) is 0 Å². The van der Waals surface area contributed by atoms with Gasteiger partial charge in [-0.2, -0.15) is 0 Å². The fraction of sp³-hybridized carbons (Fsp3) is 0.500. The van der Waals surface area contributed by atoms with Crippen LogP contribution < -0.4 is 5.32 Å². The summed E-state index contributed by atoms with van der Waals surface area (Å²) in [4.78, 5) is 14.7. The second kappa shape index (κ2) is 9.50. The van der Waals surface area contributed by atoms with Crippen LogP contribution in [0.25, 0.3) is 0 Å². The van der Waals surface area contributed by atoms with Crippen LogP contribution >= 0.6 is 11.3 Å². The number of carbonyl (C=O) groups is 1. The van der Waals surface area contributed by atoms with E-state index in [1.165, 1.54) is 0 Å². The van der Waals surface area contributed by atoms with Crippen LogP contribution in [-0.2, 0) is 16.1 Å². The molecule has 0 aromatic carbocycles. The maximum absolute atomic E-state index is 11.6. The number of likely N-dealkylation sites (N-methyl/N-ethyl adjacent to an activating group) is 1. The second-order valence-electron chi connectivity index (χ2n) is 4.28. The molecule has 6 heteroatoms. The SMILES string of the molecule is COCCNC(=O)CN(C)Cc1cc(C#CCO)cs1. The first-order valence-electron chi connectivity index (χ1n) is 6.27. The van der Waals surface area contributed by atoms with E-state index in [0.717, 1.165) is 10.4 Å². The summed E-state index contributed by atoms with van der Waals surface area (Å²) in [5, 5.41) is 13.4. The van der Waals surface area contributed by atoms with Crippen molar-refractivity contribution in [3.8, 4) is 11.8 Å². The maximum atomic E-state index is 11.6. The molecule has 0 atom stereocenters. The van der Waals surface area contributed by atoms with Crippen molar-refractivity contribution in [2.24, 2.45) is 0 Å². The Morgan fingerprint density at radius 3 is 3.10 bits per heavy atom. The number of aliphatic hydroxyl groups is 1. The molecular formula is C14H20N2O3S. The molecular weight excluding hydrogens is 276 g/mol. The summed E-state index contributed by atoms with van der Waals surface area (Å²) in [6.45, 7) is 1.96. The molecule has 5 nitrogen and oxygen atoms in total. The largest absolute Gasteiger partial charge is 0.384 e. The van der Waals surface area contributed by atoms with Gasteiger partial charge in [-0.05, 0) is 13.1 Å². The molecule has 0 bridgehead atoms. The summed E-state index contributed by atoms with van der Waals surface area (Å²) in [6, 6.07) is 1.98. The minimum atomic E-state index is -0.132. The number of aliphatic hydroxyl groups excluding tert-OH is 1. The summed E-state index contributed by atoms with van der Waals surface area (Å²) in [7, 11) is 3.50. The van der Waals surface area contributed by atoms with Gasteiger partial charge in [-0.3, -0.25) is 9.69 Å². The van der Waals surface area contributed by atoms with Crippen LogP contribution in [0.15, 0.2) is 11.4 Å². The van der Waals surface area contributed by atoms with E-state index < -0.39 is 0 Å². The highest BCUT2D eigenvalue weighted by molar-refractivity contribution is 7.10. The number of thiophene rings is 1. The monoisotopic (exact) mass is 296 g/mol. The number of nitrogens with zero attached hydrogens (tertiary/aromatic N) is 1. The topological polar surface area (TPSA) is 61.8 Å². The number of hydrogen-bond donors (Lipinski definition) is 2. The molecule has 0 saturated carbocycles. The molecule has 0 unspecified atom stereocenters. The van der Waals surface area contributed by atoms with Gasteiger partial charge < -0.3 is 15.2 Å². The fourth-order valence-electron chi connectivity index (χ4n) is 1.59. The first kappa shape index (κ1) is 16.7. The van der Waals surface area contributed by atoms with E-state index in [1.54, 1.807) is 18.4 Å². The van der Waals surface area contributed by atoms with Gasteiger partial charge in [-0.15, -0.1) is 11.3 Å². The van der Waals surface area contributed by atoms with Gasteiger partial charge in [0.2, 0.25) is 5.91 Å². The molecule has 0 aliphatic rings. The summed E-state index contributed by atoms with van der Waals surface area (Å²) < 4.78 is 4.87. The third-order valence-corrected chi connectivity index (χ3v) is 3.35. The van der Waals surface area contributed by atoms with Crippen molar-refractivity contribution in [3.05, 3.63) is 21.9 Å². The lowest BCUT2D eigenvalue weighted by atomic mass is 10.3. The first-order chi connectivity index (χ1) is 9.65. The van der Waals surface area contributed by atoms with Crippen LogP contribution in [0.5, 0.6) is 0 Å². The number of methoxy groups -OCH3 is 1.